The molecule has 0 fully saturated rings. The molecule has 3 heteroatoms. The van der Waals surface area contributed by atoms with Gasteiger partial charge in [0.25, 0.3) is 0 Å². The zero-order valence-electron chi connectivity index (χ0n) is 4.79. The van der Waals surface area contributed by atoms with E-state index < -0.39 is 0 Å². The quantitative estimate of drug-likeness (QED) is 0.374. The molecule has 0 aliphatic carbocycles. The van der Waals surface area contributed by atoms with Crippen LogP contribution in [-0.2, 0) is 0 Å². The van der Waals surface area contributed by atoms with E-state index in [4.69, 9.17) is 5.26 Å². The first-order valence-corrected chi connectivity index (χ1v) is 4.00. The Bertz CT molecular complexity index is 84.9. The number of nitriles is 1. The van der Waals surface area contributed by atoms with Crippen molar-refractivity contribution in [1.82, 2.24) is 0 Å². The van der Waals surface area contributed by atoms with E-state index in [0.29, 0.717) is 11.0 Å². The molecule has 0 aliphatic rings. The van der Waals surface area contributed by atoms with Gasteiger partial charge in [0.1, 0.15) is 0 Å². The molecule has 0 aromatic heterocycles. The Morgan fingerprint density at radius 1 is 1.88 bits per heavy atom. The van der Waals surface area contributed by atoms with Gasteiger partial charge in [-0.3, -0.25) is 0 Å². The second kappa shape index (κ2) is 5.33. The highest BCUT2D eigenvalue weighted by molar-refractivity contribution is 8.10. The van der Waals surface area contributed by atoms with Gasteiger partial charge in [-0.1, -0.05) is 0 Å². The highest BCUT2D eigenvalue weighted by Crippen LogP contribution is 2.13. The summed E-state index contributed by atoms with van der Waals surface area (Å²) >= 11 is 5.82. The maximum atomic E-state index is 8.09. The molecule has 0 N–H and O–H groups in total. The van der Waals surface area contributed by atoms with Gasteiger partial charge in [-0.25, -0.2) is 0 Å². The van der Waals surface area contributed by atoms with E-state index in [1.165, 1.54) is 0 Å². The summed E-state index contributed by atoms with van der Waals surface area (Å²) in [7, 11) is 0. The summed E-state index contributed by atoms with van der Waals surface area (Å²) in [6, 6.07) is 2.07. The zero-order chi connectivity index (χ0) is 6.41. The van der Waals surface area contributed by atoms with E-state index in [-0.39, 0.29) is 0 Å². The van der Waals surface area contributed by atoms with Crippen LogP contribution in [0.15, 0.2) is 0 Å². The number of hydrogen-bond acceptors (Lipinski definition) is 3. The molecule has 0 saturated carbocycles. The minimum atomic E-state index is 0.364. The molecule has 0 aliphatic heterocycles. The van der Waals surface area contributed by atoms with Crippen molar-refractivity contribution < 1.29 is 0 Å². The van der Waals surface area contributed by atoms with Gasteiger partial charge in [-0.2, -0.15) is 17.9 Å². The van der Waals surface area contributed by atoms with E-state index in [1.807, 2.05) is 6.92 Å². The number of nitrogens with zero attached hydrogens (tertiary/aromatic N) is 1. The maximum Gasteiger partial charge on any atom is 0.0630 e. The van der Waals surface area contributed by atoms with Gasteiger partial charge in [-0.05, 0) is 6.92 Å². The Labute approximate surface area is 59.9 Å². The van der Waals surface area contributed by atoms with Gasteiger partial charge < -0.3 is 0 Å². The fraction of sp³-hybridized carbons (Fsp3) is 0.800. The van der Waals surface area contributed by atoms with Crippen LogP contribution in [0.5, 0.6) is 0 Å². The lowest BCUT2D eigenvalue weighted by atomic mass is 10.6. The molecule has 0 aromatic rings. The van der Waals surface area contributed by atoms with E-state index in [0.717, 1.165) is 5.75 Å². The molecular weight excluding hydrogens is 138 g/mol. The third-order valence-corrected chi connectivity index (χ3v) is 1.94. The van der Waals surface area contributed by atoms with Gasteiger partial charge in [0.05, 0.1) is 6.07 Å². The molecule has 1 unspecified atom stereocenters. The van der Waals surface area contributed by atoms with Crippen molar-refractivity contribution in [3.63, 3.8) is 0 Å². The number of hydrogen-bond donors (Lipinski definition) is 1. The summed E-state index contributed by atoms with van der Waals surface area (Å²) in [5.74, 6) is 0.904. The smallest absolute Gasteiger partial charge is 0.0630 e. The van der Waals surface area contributed by atoms with Gasteiger partial charge in [0.15, 0.2) is 0 Å². The largest absolute Gasteiger partial charge is 0.198 e. The first-order chi connectivity index (χ1) is 3.77. The minimum absolute atomic E-state index is 0.364. The first kappa shape index (κ1) is 8.19. The molecular formula is C5H9NS2. The van der Waals surface area contributed by atoms with Crippen molar-refractivity contribution in [2.24, 2.45) is 0 Å². The first-order valence-electron chi connectivity index (χ1n) is 2.44. The Balaban J connectivity index is 2.85. The molecule has 0 saturated heterocycles. The van der Waals surface area contributed by atoms with Crippen LogP contribution in [0, 0.1) is 11.3 Å². The average Bonchev–Trinajstić information content (AvgIpc) is 1.66. The molecule has 1 atom stereocenters. The van der Waals surface area contributed by atoms with Crippen molar-refractivity contribution in [1.29, 1.82) is 5.26 Å². The lowest BCUT2D eigenvalue weighted by Gasteiger charge is -1.97. The molecule has 0 heterocycles. The van der Waals surface area contributed by atoms with Crippen LogP contribution < -0.4 is 0 Å². The Morgan fingerprint density at radius 3 is 2.88 bits per heavy atom. The van der Waals surface area contributed by atoms with E-state index in [9.17, 15) is 0 Å². The summed E-state index contributed by atoms with van der Waals surface area (Å²) in [5, 5.41) is 8.09. The van der Waals surface area contributed by atoms with Crippen molar-refractivity contribution >= 4 is 24.4 Å². The Kier molecular flexibility index (Phi) is 5.46. The van der Waals surface area contributed by atoms with Gasteiger partial charge in [-0.15, -0.1) is 11.8 Å². The highest BCUT2D eigenvalue weighted by atomic mass is 32.2. The van der Waals surface area contributed by atoms with Crippen LogP contribution in [0.4, 0.5) is 0 Å². The van der Waals surface area contributed by atoms with Crippen LogP contribution in [0.2, 0.25) is 0 Å². The van der Waals surface area contributed by atoms with E-state index in [1.54, 1.807) is 11.8 Å². The van der Waals surface area contributed by atoms with Crippen LogP contribution in [-0.4, -0.2) is 10.3 Å². The molecule has 0 spiro atoms. The van der Waals surface area contributed by atoms with Crippen molar-refractivity contribution in [2.45, 2.75) is 17.9 Å². The summed E-state index contributed by atoms with van der Waals surface area (Å²) in [6.07, 6.45) is 0.634. The highest BCUT2D eigenvalue weighted by Gasteiger charge is 1.91. The maximum absolute atomic E-state index is 8.09. The van der Waals surface area contributed by atoms with E-state index in [2.05, 4.69) is 18.7 Å². The van der Waals surface area contributed by atoms with Crippen molar-refractivity contribution in [2.75, 3.05) is 5.75 Å². The molecule has 0 radical (unpaired) electrons. The average molecular weight is 147 g/mol. The van der Waals surface area contributed by atoms with Crippen molar-refractivity contribution in [3.05, 3.63) is 0 Å². The van der Waals surface area contributed by atoms with Crippen LogP contribution in [0.25, 0.3) is 0 Å². The van der Waals surface area contributed by atoms with Gasteiger partial charge in [0.2, 0.25) is 0 Å². The summed E-state index contributed by atoms with van der Waals surface area (Å²) in [6.45, 7) is 2.01. The number of thiol groups is 1. The lowest BCUT2D eigenvalue weighted by molar-refractivity contribution is 1.23. The normalized spacial score (nSPS) is 12.6. The predicted octanol–water partition coefficient (Wildman–Crippen LogP) is 1.91. The van der Waals surface area contributed by atoms with E-state index >= 15 is 0 Å². The monoisotopic (exact) mass is 147 g/mol. The van der Waals surface area contributed by atoms with Gasteiger partial charge in [0, 0.05) is 16.8 Å². The van der Waals surface area contributed by atoms with Crippen molar-refractivity contribution in [3.8, 4) is 6.07 Å². The van der Waals surface area contributed by atoms with Gasteiger partial charge >= 0.3 is 0 Å². The standard InChI is InChI=1S/C5H9NS2/c1-5(7)8-4-2-3-6/h5,7H,2,4H2,1H3. The van der Waals surface area contributed by atoms with Crippen LogP contribution in [0.3, 0.4) is 0 Å². The summed E-state index contributed by atoms with van der Waals surface area (Å²) in [5.41, 5.74) is 0. The molecule has 0 rings (SSSR count). The third kappa shape index (κ3) is 6.19. The zero-order valence-corrected chi connectivity index (χ0v) is 6.51. The molecule has 0 aromatic carbocycles. The van der Waals surface area contributed by atoms with Crippen LogP contribution in [0.1, 0.15) is 13.3 Å². The summed E-state index contributed by atoms with van der Waals surface area (Å²) in [4.78, 5) is 0. The van der Waals surface area contributed by atoms with Crippen LogP contribution >= 0.6 is 24.4 Å². The molecule has 46 valence electrons. The fourth-order valence-corrected chi connectivity index (χ4v) is 1.14. The molecule has 8 heavy (non-hydrogen) atoms. The second-order valence-corrected chi connectivity index (χ2v) is 3.95. The Morgan fingerprint density at radius 2 is 2.50 bits per heavy atom. The molecule has 1 nitrogen and oxygen atoms in total. The topological polar surface area (TPSA) is 23.8 Å². The summed E-state index contributed by atoms with van der Waals surface area (Å²) < 4.78 is 0.364. The SMILES string of the molecule is CC(S)SCCC#N. The molecule has 0 amide bonds. The number of thioether (sulfide) groups is 1. The fourth-order valence-electron chi connectivity index (χ4n) is 0.275. The lowest BCUT2D eigenvalue weighted by Crippen LogP contribution is -1.84. The molecule has 0 bridgehead atoms. The predicted molar refractivity (Wildman–Crippen MR) is 41.1 cm³/mol. The third-order valence-electron chi connectivity index (χ3n) is 0.573. The minimum Gasteiger partial charge on any atom is -0.198 e. The Hall–Kier alpha value is 0.190. The second-order valence-electron chi connectivity index (χ2n) is 1.38. The number of rotatable bonds is 3.